The average molecular weight is 349 g/mol. The Morgan fingerprint density at radius 2 is 1.91 bits per heavy atom. The van der Waals surface area contributed by atoms with E-state index in [9.17, 15) is 22.8 Å². The van der Waals surface area contributed by atoms with E-state index in [1.165, 1.54) is 11.8 Å². The van der Waals surface area contributed by atoms with Gasteiger partial charge in [-0.3, -0.25) is 4.79 Å². The van der Waals surface area contributed by atoms with Crippen molar-refractivity contribution in [3.05, 3.63) is 29.3 Å². The fraction of sp³-hybridized carbons (Fsp3) is 0.467. The monoisotopic (exact) mass is 349 g/mol. The third kappa shape index (κ3) is 7.40. The van der Waals surface area contributed by atoms with Crippen LogP contribution < -0.4 is 5.32 Å². The molecule has 8 heteroatoms. The van der Waals surface area contributed by atoms with Crippen molar-refractivity contribution < 1.29 is 27.9 Å². The van der Waals surface area contributed by atoms with Crippen LogP contribution in [0, 0.1) is 13.8 Å². The first-order chi connectivity index (χ1) is 10.6. The van der Waals surface area contributed by atoms with Crippen molar-refractivity contribution in [2.75, 3.05) is 5.75 Å². The number of thioether (sulfide) groups is 1. The van der Waals surface area contributed by atoms with Crippen LogP contribution in [0.5, 0.6) is 0 Å². The first-order valence-corrected chi connectivity index (χ1v) is 7.86. The van der Waals surface area contributed by atoms with Crippen LogP contribution in [0.2, 0.25) is 0 Å². The molecule has 23 heavy (non-hydrogen) atoms. The van der Waals surface area contributed by atoms with Gasteiger partial charge in [0.05, 0.1) is 6.42 Å². The molecule has 0 radical (unpaired) electrons. The molecule has 0 fully saturated rings. The molecule has 0 aromatic heterocycles. The van der Waals surface area contributed by atoms with Crippen molar-refractivity contribution in [3.8, 4) is 0 Å². The van der Waals surface area contributed by atoms with Crippen LogP contribution in [0.25, 0.3) is 0 Å². The number of aliphatic carboxylic acids is 1. The maximum atomic E-state index is 12.2. The number of carbonyl (C=O) groups is 2. The summed E-state index contributed by atoms with van der Waals surface area (Å²) >= 11 is 1.39. The van der Waals surface area contributed by atoms with Crippen LogP contribution in [-0.2, 0) is 9.59 Å². The molecule has 2 N–H and O–H groups in total. The van der Waals surface area contributed by atoms with Gasteiger partial charge in [0.2, 0.25) is 5.91 Å². The number of rotatable bonds is 7. The predicted molar refractivity (Wildman–Crippen MR) is 81.5 cm³/mol. The van der Waals surface area contributed by atoms with Crippen LogP contribution >= 0.6 is 11.8 Å². The van der Waals surface area contributed by atoms with Crippen LogP contribution in [-0.4, -0.2) is 35.0 Å². The number of nitrogens with one attached hydrogen (secondary N) is 1. The van der Waals surface area contributed by atoms with Gasteiger partial charge in [-0.15, -0.1) is 11.8 Å². The summed E-state index contributed by atoms with van der Waals surface area (Å²) in [6.07, 6.45) is -6.29. The van der Waals surface area contributed by atoms with Crippen LogP contribution in [0.1, 0.15) is 24.0 Å². The van der Waals surface area contributed by atoms with E-state index in [0.717, 1.165) is 16.0 Å². The van der Waals surface area contributed by atoms with Gasteiger partial charge >= 0.3 is 12.1 Å². The number of benzene rings is 1. The highest BCUT2D eigenvalue weighted by atomic mass is 32.2. The molecule has 1 amide bonds. The molecule has 0 bridgehead atoms. The highest BCUT2D eigenvalue weighted by molar-refractivity contribution is 7.99. The van der Waals surface area contributed by atoms with Gasteiger partial charge < -0.3 is 10.4 Å². The Morgan fingerprint density at radius 1 is 1.26 bits per heavy atom. The summed E-state index contributed by atoms with van der Waals surface area (Å²) in [4.78, 5) is 23.3. The third-order valence-corrected chi connectivity index (χ3v) is 4.14. The second-order valence-electron chi connectivity index (χ2n) is 5.12. The topological polar surface area (TPSA) is 66.4 Å². The Bertz CT molecular complexity index is 576. The van der Waals surface area contributed by atoms with Gasteiger partial charge in [-0.25, -0.2) is 4.79 Å². The lowest BCUT2D eigenvalue weighted by atomic mass is 10.1. The molecule has 0 saturated carbocycles. The number of amides is 1. The maximum absolute atomic E-state index is 12.2. The van der Waals surface area contributed by atoms with Crippen molar-refractivity contribution in [2.24, 2.45) is 0 Å². The van der Waals surface area contributed by atoms with E-state index >= 15 is 0 Å². The molecule has 0 aliphatic heterocycles. The molecule has 1 unspecified atom stereocenters. The SMILES string of the molecule is Cc1ccc(SCCC(=O)NC(CC(F)(F)F)C(=O)O)cc1C. The number of aryl methyl sites for hydroxylation is 2. The summed E-state index contributed by atoms with van der Waals surface area (Å²) in [7, 11) is 0. The van der Waals surface area contributed by atoms with Crippen molar-refractivity contribution >= 4 is 23.6 Å². The highest BCUT2D eigenvalue weighted by Crippen LogP contribution is 2.23. The summed E-state index contributed by atoms with van der Waals surface area (Å²) in [6, 6.07) is 3.85. The summed E-state index contributed by atoms with van der Waals surface area (Å²) in [5, 5.41) is 10.6. The number of carbonyl (C=O) groups excluding carboxylic acids is 1. The zero-order chi connectivity index (χ0) is 17.6. The lowest BCUT2D eigenvalue weighted by molar-refractivity contribution is -0.159. The van der Waals surface area contributed by atoms with E-state index in [0.29, 0.717) is 5.75 Å². The first-order valence-electron chi connectivity index (χ1n) is 6.87. The molecule has 0 spiro atoms. The van der Waals surface area contributed by atoms with Gasteiger partial charge in [-0.05, 0) is 37.1 Å². The lowest BCUT2D eigenvalue weighted by Gasteiger charge is -2.16. The fourth-order valence-corrected chi connectivity index (χ4v) is 2.71. The minimum Gasteiger partial charge on any atom is -0.480 e. The molecular formula is C15H18F3NO3S. The van der Waals surface area contributed by atoms with Gasteiger partial charge in [-0.2, -0.15) is 13.2 Å². The van der Waals surface area contributed by atoms with Crippen molar-refractivity contribution in [2.45, 2.75) is 43.8 Å². The second kappa shape index (κ2) is 8.24. The Hall–Kier alpha value is -1.70. The normalized spacial score (nSPS) is 12.7. The summed E-state index contributed by atoms with van der Waals surface area (Å²) in [5.74, 6) is -2.05. The molecule has 0 aliphatic rings. The van der Waals surface area contributed by atoms with Crippen LogP contribution in [0.4, 0.5) is 13.2 Å². The highest BCUT2D eigenvalue weighted by Gasteiger charge is 2.36. The molecule has 0 heterocycles. The van der Waals surface area contributed by atoms with Gasteiger partial charge in [0, 0.05) is 17.1 Å². The fourth-order valence-electron chi connectivity index (χ4n) is 1.76. The van der Waals surface area contributed by atoms with Crippen LogP contribution in [0.3, 0.4) is 0 Å². The minimum atomic E-state index is -4.65. The number of carboxylic acid groups (broad SMARTS) is 1. The molecular weight excluding hydrogens is 331 g/mol. The Balaban J connectivity index is 2.46. The molecule has 128 valence electrons. The molecule has 1 atom stereocenters. The third-order valence-electron chi connectivity index (χ3n) is 3.15. The average Bonchev–Trinajstić information content (AvgIpc) is 2.40. The number of hydrogen-bond acceptors (Lipinski definition) is 3. The molecule has 1 aromatic rings. The maximum Gasteiger partial charge on any atom is 0.391 e. The smallest absolute Gasteiger partial charge is 0.391 e. The van der Waals surface area contributed by atoms with Gasteiger partial charge in [-0.1, -0.05) is 6.07 Å². The Labute approximate surface area is 136 Å². The van der Waals surface area contributed by atoms with E-state index < -0.39 is 30.5 Å². The Kier molecular flexibility index (Phi) is 6.93. The second-order valence-corrected chi connectivity index (χ2v) is 6.29. The van der Waals surface area contributed by atoms with Gasteiger partial charge in [0.25, 0.3) is 0 Å². The summed E-state index contributed by atoms with van der Waals surface area (Å²) < 4.78 is 36.7. The minimum absolute atomic E-state index is 0.0563. The zero-order valence-electron chi connectivity index (χ0n) is 12.7. The molecule has 0 aliphatic carbocycles. The Morgan fingerprint density at radius 3 is 2.43 bits per heavy atom. The molecule has 0 saturated heterocycles. The number of hydrogen-bond donors (Lipinski definition) is 2. The van der Waals surface area contributed by atoms with Crippen molar-refractivity contribution in [1.82, 2.24) is 5.32 Å². The van der Waals surface area contributed by atoms with Crippen molar-refractivity contribution in [1.29, 1.82) is 0 Å². The lowest BCUT2D eigenvalue weighted by Crippen LogP contribution is -2.43. The zero-order valence-corrected chi connectivity index (χ0v) is 13.6. The predicted octanol–water partition coefficient (Wildman–Crippen LogP) is 3.31. The van der Waals surface area contributed by atoms with E-state index in [2.05, 4.69) is 0 Å². The molecule has 1 rings (SSSR count). The largest absolute Gasteiger partial charge is 0.480 e. The van der Waals surface area contributed by atoms with Crippen LogP contribution in [0.15, 0.2) is 23.1 Å². The van der Waals surface area contributed by atoms with E-state index in [1.54, 1.807) is 0 Å². The van der Waals surface area contributed by atoms with E-state index in [-0.39, 0.29) is 6.42 Å². The molecule has 4 nitrogen and oxygen atoms in total. The quantitative estimate of drug-likeness (QED) is 0.741. The number of alkyl halides is 3. The first kappa shape index (κ1) is 19.3. The van der Waals surface area contributed by atoms with E-state index in [1.807, 2.05) is 37.4 Å². The summed E-state index contributed by atoms with van der Waals surface area (Å²) in [5.41, 5.74) is 2.25. The summed E-state index contributed by atoms with van der Waals surface area (Å²) in [6.45, 7) is 3.94. The number of carboxylic acids is 1. The standard InChI is InChI=1S/C15H18F3NO3S/c1-9-3-4-11(7-10(9)2)23-6-5-13(20)19-12(14(21)22)8-15(16,17)18/h3-4,7,12H,5-6,8H2,1-2H3,(H,19,20)(H,21,22). The van der Waals surface area contributed by atoms with Crippen molar-refractivity contribution in [3.63, 3.8) is 0 Å². The van der Waals surface area contributed by atoms with Gasteiger partial charge in [0.1, 0.15) is 6.04 Å². The van der Waals surface area contributed by atoms with E-state index in [4.69, 9.17) is 5.11 Å². The number of halogens is 3. The molecule has 1 aromatic carbocycles. The van der Waals surface area contributed by atoms with Gasteiger partial charge in [0.15, 0.2) is 0 Å².